The molecular formula is C19H18ClN3O2. The minimum absolute atomic E-state index is 0.0513. The maximum Gasteiger partial charge on any atom is 0.262 e. The SMILES string of the molecule is Cc1ccccc1OCC(=O)Nc1cnn(Cc2cccc(Cl)c2)c1. The molecule has 1 N–H and O–H groups in total. The van der Waals surface area contributed by atoms with E-state index >= 15 is 0 Å². The summed E-state index contributed by atoms with van der Waals surface area (Å²) in [6, 6.07) is 15.2. The first-order valence-corrected chi connectivity index (χ1v) is 8.23. The van der Waals surface area contributed by atoms with Crippen LogP contribution in [-0.2, 0) is 11.3 Å². The van der Waals surface area contributed by atoms with E-state index in [1.165, 1.54) is 0 Å². The molecule has 1 aromatic heterocycles. The standard InChI is InChI=1S/C19H18ClN3O2/c1-14-5-2-3-8-18(14)25-13-19(24)22-17-10-21-23(12-17)11-15-6-4-7-16(20)9-15/h2-10,12H,11,13H2,1H3,(H,22,24). The van der Waals surface area contributed by atoms with E-state index in [2.05, 4.69) is 10.4 Å². The summed E-state index contributed by atoms with van der Waals surface area (Å²) in [5, 5.41) is 7.71. The fraction of sp³-hybridized carbons (Fsp3) is 0.158. The number of carbonyl (C=O) groups is 1. The van der Waals surface area contributed by atoms with E-state index in [0.717, 1.165) is 11.1 Å². The number of hydrogen-bond acceptors (Lipinski definition) is 3. The van der Waals surface area contributed by atoms with Gasteiger partial charge in [0.05, 0.1) is 18.4 Å². The van der Waals surface area contributed by atoms with Crippen LogP contribution in [0.2, 0.25) is 5.02 Å². The van der Waals surface area contributed by atoms with Gasteiger partial charge in [-0.3, -0.25) is 9.48 Å². The van der Waals surface area contributed by atoms with Crippen molar-refractivity contribution >= 4 is 23.2 Å². The van der Waals surface area contributed by atoms with Crippen LogP contribution in [0.15, 0.2) is 60.9 Å². The highest BCUT2D eigenvalue weighted by Crippen LogP contribution is 2.16. The number of hydrogen-bond donors (Lipinski definition) is 1. The number of anilines is 1. The molecule has 0 aliphatic rings. The van der Waals surface area contributed by atoms with Crippen molar-refractivity contribution in [2.24, 2.45) is 0 Å². The summed E-state index contributed by atoms with van der Waals surface area (Å²) in [6.45, 7) is 2.47. The summed E-state index contributed by atoms with van der Waals surface area (Å²) in [7, 11) is 0. The Labute approximate surface area is 151 Å². The third-order valence-electron chi connectivity index (χ3n) is 3.60. The summed E-state index contributed by atoms with van der Waals surface area (Å²) < 4.78 is 7.27. The minimum Gasteiger partial charge on any atom is -0.483 e. The first-order valence-electron chi connectivity index (χ1n) is 7.85. The van der Waals surface area contributed by atoms with Crippen LogP contribution in [0, 0.1) is 6.92 Å². The van der Waals surface area contributed by atoms with Crippen LogP contribution in [0.4, 0.5) is 5.69 Å². The second kappa shape index (κ2) is 7.85. The van der Waals surface area contributed by atoms with E-state index in [1.807, 2.05) is 55.5 Å². The highest BCUT2D eigenvalue weighted by molar-refractivity contribution is 6.30. The topological polar surface area (TPSA) is 56.1 Å². The highest BCUT2D eigenvalue weighted by atomic mass is 35.5. The van der Waals surface area contributed by atoms with Crippen LogP contribution in [0.1, 0.15) is 11.1 Å². The van der Waals surface area contributed by atoms with Crippen molar-refractivity contribution in [2.75, 3.05) is 11.9 Å². The lowest BCUT2D eigenvalue weighted by molar-refractivity contribution is -0.118. The molecule has 0 unspecified atom stereocenters. The molecule has 0 fully saturated rings. The molecule has 0 saturated heterocycles. The van der Waals surface area contributed by atoms with Gasteiger partial charge in [-0.05, 0) is 36.2 Å². The van der Waals surface area contributed by atoms with Crippen molar-refractivity contribution < 1.29 is 9.53 Å². The molecule has 0 aliphatic carbocycles. The fourth-order valence-corrected chi connectivity index (χ4v) is 2.61. The van der Waals surface area contributed by atoms with Crippen LogP contribution in [0.25, 0.3) is 0 Å². The van der Waals surface area contributed by atoms with Crippen molar-refractivity contribution in [3.8, 4) is 5.75 Å². The lowest BCUT2D eigenvalue weighted by Crippen LogP contribution is -2.20. The molecule has 0 saturated carbocycles. The number of nitrogens with one attached hydrogen (secondary N) is 1. The number of carbonyl (C=O) groups excluding carboxylic acids is 1. The molecule has 0 aliphatic heterocycles. The highest BCUT2D eigenvalue weighted by Gasteiger charge is 2.07. The van der Waals surface area contributed by atoms with Gasteiger partial charge in [0.1, 0.15) is 5.75 Å². The Hall–Kier alpha value is -2.79. The lowest BCUT2D eigenvalue weighted by atomic mass is 10.2. The van der Waals surface area contributed by atoms with Crippen LogP contribution >= 0.6 is 11.6 Å². The van der Waals surface area contributed by atoms with Gasteiger partial charge in [-0.25, -0.2) is 0 Å². The second-order valence-electron chi connectivity index (χ2n) is 5.66. The quantitative estimate of drug-likeness (QED) is 0.729. The fourth-order valence-electron chi connectivity index (χ4n) is 2.40. The van der Waals surface area contributed by atoms with E-state index in [1.54, 1.807) is 17.1 Å². The molecule has 5 nitrogen and oxygen atoms in total. The molecule has 0 radical (unpaired) electrons. The largest absolute Gasteiger partial charge is 0.483 e. The number of para-hydroxylation sites is 1. The monoisotopic (exact) mass is 355 g/mol. The number of amides is 1. The van der Waals surface area contributed by atoms with Gasteiger partial charge < -0.3 is 10.1 Å². The van der Waals surface area contributed by atoms with Gasteiger partial charge in [0.15, 0.2) is 6.61 Å². The normalized spacial score (nSPS) is 10.5. The predicted octanol–water partition coefficient (Wildman–Crippen LogP) is 3.91. The van der Waals surface area contributed by atoms with Crippen molar-refractivity contribution in [1.29, 1.82) is 0 Å². The van der Waals surface area contributed by atoms with Gasteiger partial charge in [0.25, 0.3) is 5.91 Å². The first-order chi connectivity index (χ1) is 12.1. The number of aryl methyl sites for hydroxylation is 1. The number of nitrogens with zero attached hydrogens (tertiary/aromatic N) is 2. The maximum absolute atomic E-state index is 12.0. The summed E-state index contributed by atoms with van der Waals surface area (Å²) >= 11 is 5.98. The van der Waals surface area contributed by atoms with Gasteiger partial charge in [-0.2, -0.15) is 5.10 Å². The molecule has 6 heteroatoms. The second-order valence-corrected chi connectivity index (χ2v) is 6.10. The molecule has 0 bridgehead atoms. The Bertz CT molecular complexity index is 876. The number of ether oxygens (including phenoxy) is 1. The molecule has 2 aromatic carbocycles. The molecule has 0 atom stereocenters. The van der Waals surface area contributed by atoms with E-state index in [-0.39, 0.29) is 12.5 Å². The van der Waals surface area contributed by atoms with E-state index in [0.29, 0.717) is 23.0 Å². The van der Waals surface area contributed by atoms with E-state index in [9.17, 15) is 4.79 Å². The zero-order valence-electron chi connectivity index (χ0n) is 13.8. The minimum atomic E-state index is -0.231. The number of benzene rings is 2. The lowest BCUT2D eigenvalue weighted by Gasteiger charge is -2.08. The summed E-state index contributed by atoms with van der Waals surface area (Å²) in [4.78, 5) is 12.0. The Balaban J connectivity index is 1.54. The van der Waals surface area contributed by atoms with Crippen LogP contribution in [0.5, 0.6) is 5.75 Å². The molecule has 3 aromatic rings. The van der Waals surface area contributed by atoms with Crippen molar-refractivity contribution in [2.45, 2.75) is 13.5 Å². The van der Waals surface area contributed by atoms with Gasteiger partial charge in [-0.15, -0.1) is 0 Å². The summed E-state index contributed by atoms with van der Waals surface area (Å²) in [5.74, 6) is 0.472. The average molecular weight is 356 g/mol. The molecular weight excluding hydrogens is 338 g/mol. The molecule has 3 rings (SSSR count). The number of halogens is 1. The molecule has 128 valence electrons. The van der Waals surface area contributed by atoms with Crippen molar-refractivity contribution in [3.63, 3.8) is 0 Å². The van der Waals surface area contributed by atoms with Crippen molar-refractivity contribution in [3.05, 3.63) is 77.1 Å². The zero-order chi connectivity index (χ0) is 17.6. The van der Waals surface area contributed by atoms with Gasteiger partial charge >= 0.3 is 0 Å². The van der Waals surface area contributed by atoms with Crippen LogP contribution in [-0.4, -0.2) is 22.3 Å². The maximum atomic E-state index is 12.0. The smallest absolute Gasteiger partial charge is 0.262 e. The Morgan fingerprint density at radius 2 is 2.08 bits per heavy atom. The molecule has 1 amide bonds. The van der Waals surface area contributed by atoms with Crippen LogP contribution < -0.4 is 10.1 Å². The molecule has 25 heavy (non-hydrogen) atoms. The summed E-state index contributed by atoms with van der Waals surface area (Å²) in [5.41, 5.74) is 2.65. The van der Waals surface area contributed by atoms with Crippen LogP contribution in [0.3, 0.4) is 0 Å². The third-order valence-corrected chi connectivity index (χ3v) is 3.84. The molecule has 1 heterocycles. The average Bonchev–Trinajstić information content (AvgIpc) is 3.01. The third kappa shape index (κ3) is 4.84. The Kier molecular flexibility index (Phi) is 5.36. The van der Waals surface area contributed by atoms with Gasteiger partial charge in [-0.1, -0.05) is 41.9 Å². The first kappa shape index (κ1) is 17.0. The number of aromatic nitrogens is 2. The predicted molar refractivity (Wildman–Crippen MR) is 98.1 cm³/mol. The summed E-state index contributed by atoms with van der Waals surface area (Å²) in [6.07, 6.45) is 3.38. The van der Waals surface area contributed by atoms with E-state index < -0.39 is 0 Å². The van der Waals surface area contributed by atoms with E-state index in [4.69, 9.17) is 16.3 Å². The number of rotatable bonds is 6. The Morgan fingerprint density at radius 1 is 1.24 bits per heavy atom. The molecule has 0 spiro atoms. The van der Waals surface area contributed by atoms with Gasteiger partial charge in [0, 0.05) is 11.2 Å². The Morgan fingerprint density at radius 3 is 2.88 bits per heavy atom. The zero-order valence-corrected chi connectivity index (χ0v) is 14.5. The van der Waals surface area contributed by atoms with Crippen molar-refractivity contribution in [1.82, 2.24) is 9.78 Å². The van der Waals surface area contributed by atoms with Gasteiger partial charge in [0.2, 0.25) is 0 Å².